The predicted octanol–water partition coefficient (Wildman–Crippen LogP) is 2.78. The average molecular weight is 522 g/mol. The molecule has 6 nitrogen and oxygen atoms in total. The number of ether oxygens (including phenoxy) is 1. The summed E-state index contributed by atoms with van der Waals surface area (Å²) < 4.78 is 5.44. The van der Waals surface area contributed by atoms with E-state index in [4.69, 9.17) is 4.74 Å². The number of morpholine rings is 1. The summed E-state index contributed by atoms with van der Waals surface area (Å²) in [7, 11) is 1.89. The second kappa shape index (κ2) is 14.0. The zero-order valence-corrected chi connectivity index (χ0v) is 21.0. The van der Waals surface area contributed by atoms with Gasteiger partial charge in [-0.15, -0.1) is 24.0 Å². The van der Waals surface area contributed by atoms with E-state index >= 15 is 0 Å². The number of nitrogens with one attached hydrogen (secondary N) is 2. The van der Waals surface area contributed by atoms with Gasteiger partial charge in [0.05, 0.1) is 13.2 Å². The lowest BCUT2D eigenvalue weighted by Crippen LogP contribution is -2.50. The Balaban J connectivity index is 0.00000300. The molecule has 7 heteroatoms. The molecule has 1 unspecified atom stereocenters. The van der Waals surface area contributed by atoms with Crippen molar-refractivity contribution in [1.82, 2.24) is 20.4 Å². The van der Waals surface area contributed by atoms with Gasteiger partial charge >= 0.3 is 0 Å². The number of rotatable bonds is 7. The van der Waals surface area contributed by atoms with Crippen molar-refractivity contribution in [1.29, 1.82) is 0 Å². The molecule has 2 N–H and O–H groups in total. The van der Waals surface area contributed by atoms with Gasteiger partial charge in [0.2, 0.25) is 0 Å². The third kappa shape index (κ3) is 9.27. The number of hydrogen-bond acceptors (Lipinski definition) is 4. The van der Waals surface area contributed by atoms with Crippen LogP contribution in [0.5, 0.6) is 0 Å². The topological polar surface area (TPSA) is 52.1 Å². The average Bonchev–Trinajstić information content (AvgIpc) is 2.74. The molecule has 1 saturated carbocycles. The van der Waals surface area contributed by atoms with Crippen molar-refractivity contribution < 1.29 is 4.74 Å². The Morgan fingerprint density at radius 1 is 1.00 bits per heavy atom. The van der Waals surface area contributed by atoms with E-state index in [1.807, 2.05) is 7.05 Å². The van der Waals surface area contributed by atoms with Crippen LogP contribution >= 0.6 is 24.0 Å². The fraction of sp³-hybridized carbons (Fsp3) is 0.955. The lowest BCUT2D eigenvalue weighted by molar-refractivity contribution is 0.0320. The van der Waals surface area contributed by atoms with E-state index in [-0.39, 0.29) is 24.0 Å². The molecule has 0 radical (unpaired) electrons. The summed E-state index contributed by atoms with van der Waals surface area (Å²) >= 11 is 0. The monoisotopic (exact) mass is 521 g/mol. The summed E-state index contributed by atoms with van der Waals surface area (Å²) in [6.45, 7) is 12.1. The van der Waals surface area contributed by atoms with Crippen LogP contribution in [0.3, 0.4) is 0 Å². The Morgan fingerprint density at radius 3 is 2.34 bits per heavy atom. The van der Waals surface area contributed by atoms with E-state index in [1.165, 1.54) is 64.6 Å². The number of nitrogens with zero attached hydrogens (tertiary/aromatic N) is 3. The van der Waals surface area contributed by atoms with Crippen molar-refractivity contribution in [2.24, 2.45) is 16.8 Å². The molecule has 3 aliphatic rings. The number of likely N-dealkylation sites (tertiary alicyclic amines) is 1. The molecule has 0 bridgehead atoms. The Hall–Kier alpha value is -0.120. The van der Waals surface area contributed by atoms with Gasteiger partial charge < -0.3 is 20.3 Å². The first-order chi connectivity index (χ1) is 13.7. The largest absolute Gasteiger partial charge is 0.379 e. The summed E-state index contributed by atoms with van der Waals surface area (Å²) in [6.07, 6.45) is 9.74. The molecule has 3 fully saturated rings. The quantitative estimate of drug-likeness (QED) is 0.307. The normalized spacial score (nSPS) is 24.7. The minimum atomic E-state index is 0. The lowest BCUT2D eigenvalue weighted by Gasteiger charge is -2.36. The van der Waals surface area contributed by atoms with Crippen molar-refractivity contribution in [2.45, 2.75) is 57.9 Å². The van der Waals surface area contributed by atoms with Gasteiger partial charge in [-0.3, -0.25) is 9.89 Å². The molecule has 1 atom stereocenters. The molecule has 0 spiro atoms. The number of halogens is 1. The van der Waals surface area contributed by atoms with Gasteiger partial charge in [0.1, 0.15) is 0 Å². The highest BCUT2D eigenvalue weighted by molar-refractivity contribution is 14.0. The molecular formula is C22H44IN5O. The van der Waals surface area contributed by atoms with Crippen LogP contribution in [0.1, 0.15) is 51.9 Å². The van der Waals surface area contributed by atoms with Crippen LogP contribution < -0.4 is 10.6 Å². The second-order valence-electron chi connectivity index (χ2n) is 9.19. The first-order valence-corrected chi connectivity index (χ1v) is 11.7. The van der Waals surface area contributed by atoms with Crippen molar-refractivity contribution in [2.75, 3.05) is 66.1 Å². The first-order valence-electron chi connectivity index (χ1n) is 11.7. The molecule has 2 aliphatic heterocycles. The first kappa shape index (κ1) is 25.1. The van der Waals surface area contributed by atoms with Gasteiger partial charge in [-0.05, 0) is 37.5 Å². The van der Waals surface area contributed by atoms with Crippen molar-refractivity contribution in [3.05, 3.63) is 0 Å². The summed E-state index contributed by atoms with van der Waals surface area (Å²) in [6, 6.07) is 0.559. The van der Waals surface area contributed by atoms with Crippen LogP contribution in [-0.4, -0.2) is 87.9 Å². The molecular weight excluding hydrogens is 477 g/mol. The van der Waals surface area contributed by atoms with E-state index in [1.54, 1.807) is 0 Å². The zero-order chi connectivity index (χ0) is 19.6. The highest BCUT2D eigenvalue weighted by atomic mass is 127. The molecule has 3 rings (SSSR count). The second-order valence-corrected chi connectivity index (χ2v) is 9.19. The standard InChI is InChI=1S/C22H43N5O.HI/c1-19(17-27-12-14-28-15-13-27)16-24-22(23-2)25-21-8-10-26(11-9-21)18-20-6-4-3-5-7-20;/h19-21H,3-18H2,1-2H3,(H2,23,24,25);1H. The highest BCUT2D eigenvalue weighted by Crippen LogP contribution is 2.25. The maximum absolute atomic E-state index is 5.44. The third-order valence-electron chi connectivity index (χ3n) is 6.68. The van der Waals surface area contributed by atoms with Crippen molar-refractivity contribution >= 4 is 29.9 Å². The van der Waals surface area contributed by atoms with Gasteiger partial charge in [0.25, 0.3) is 0 Å². The molecule has 2 saturated heterocycles. The van der Waals surface area contributed by atoms with E-state index in [0.717, 1.165) is 51.3 Å². The lowest BCUT2D eigenvalue weighted by atomic mass is 9.88. The predicted molar refractivity (Wildman–Crippen MR) is 132 cm³/mol. The number of hydrogen-bond donors (Lipinski definition) is 2. The molecule has 1 aliphatic carbocycles. The molecule has 0 aromatic rings. The maximum atomic E-state index is 5.44. The Labute approximate surface area is 195 Å². The minimum absolute atomic E-state index is 0. The highest BCUT2D eigenvalue weighted by Gasteiger charge is 2.23. The Morgan fingerprint density at radius 2 is 1.69 bits per heavy atom. The molecule has 29 heavy (non-hydrogen) atoms. The van der Waals surface area contributed by atoms with Crippen LogP contribution in [0.2, 0.25) is 0 Å². The van der Waals surface area contributed by atoms with Gasteiger partial charge in [0.15, 0.2) is 5.96 Å². The Bertz CT molecular complexity index is 458. The number of piperidine rings is 1. The van der Waals surface area contributed by atoms with Crippen LogP contribution in [0.25, 0.3) is 0 Å². The molecule has 170 valence electrons. The van der Waals surface area contributed by atoms with E-state index in [2.05, 4.69) is 32.3 Å². The number of aliphatic imine (C=N–C) groups is 1. The van der Waals surface area contributed by atoms with E-state index in [9.17, 15) is 0 Å². The van der Waals surface area contributed by atoms with Crippen molar-refractivity contribution in [3.63, 3.8) is 0 Å². The Kier molecular flexibility index (Phi) is 12.2. The molecule has 0 aromatic heterocycles. The van der Waals surface area contributed by atoms with E-state index < -0.39 is 0 Å². The summed E-state index contributed by atoms with van der Waals surface area (Å²) in [5.41, 5.74) is 0. The fourth-order valence-electron chi connectivity index (χ4n) is 4.94. The molecule has 0 amide bonds. The van der Waals surface area contributed by atoms with Gasteiger partial charge in [-0.25, -0.2) is 0 Å². The van der Waals surface area contributed by atoms with Crippen LogP contribution in [-0.2, 0) is 4.74 Å². The van der Waals surface area contributed by atoms with Crippen LogP contribution in [0.4, 0.5) is 0 Å². The smallest absolute Gasteiger partial charge is 0.191 e. The van der Waals surface area contributed by atoms with Gasteiger partial charge in [-0.1, -0.05) is 26.2 Å². The van der Waals surface area contributed by atoms with Crippen molar-refractivity contribution in [3.8, 4) is 0 Å². The van der Waals surface area contributed by atoms with Crippen LogP contribution in [0.15, 0.2) is 4.99 Å². The molecule has 0 aromatic carbocycles. The fourth-order valence-corrected chi connectivity index (χ4v) is 4.94. The zero-order valence-electron chi connectivity index (χ0n) is 18.7. The summed E-state index contributed by atoms with van der Waals surface area (Å²) in [5.74, 6) is 2.54. The summed E-state index contributed by atoms with van der Waals surface area (Å²) in [4.78, 5) is 9.67. The molecule has 2 heterocycles. The summed E-state index contributed by atoms with van der Waals surface area (Å²) in [5, 5.41) is 7.22. The third-order valence-corrected chi connectivity index (χ3v) is 6.68. The van der Waals surface area contributed by atoms with E-state index in [0.29, 0.717) is 12.0 Å². The SMILES string of the molecule is CN=C(NCC(C)CN1CCOCC1)NC1CCN(CC2CCCCC2)CC1.I. The van der Waals surface area contributed by atoms with Crippen LogP contribution in [0, 0.1) is 11.8 Å². The maximum Gasteiger partial charge on any atom is 0.191 e. The van der Waals surface area contributed by atoms with Gasteiger partial charge in [0, 0.05) is 58.9 Å². The number of guanidine groups is 1. The van der Waals surface area contributed by atoms with Gasteiger partial charge in [-0.2, -0.15) is 0 Å². The minimum Gasteiger partial charge on any atom is -0.379 e.